The molecule has 0 spiro atoms. The fourth-order valence-electron chi connectivity index (χ4n) is 3.69. The molecule has 2 amide bonds. The van der Waals surface area contributed by atoms with Gasteiger partial charge >= 0.3 is 0 Å². The first-order chi connectivity index (χ1) is 16.6. The Kier molecular flexibility index (Phi) is 7.67. The summed E-state index contributed by atoms with van der Waals surface area (Å²) in [4.78, 5) is 37.5. The monoisotopic (exact) mass is 458 g/mol. The molecule has 3 aromatic carbocycles. The van der Waals surface area contributed by atoms with Crippen LogP contribution in [0.3, 0.4) is 0 Å². The zero-order chi connectivity index (χ0) is 23.8. The third-order valence-corrected chi connectivity index (χ3v) is 5.48. The Bertz CT molecular complexity index is 1140. The minimum atomic E-state index is -0.399. The summed E-state index contributed by atoms with van der Waals surface area (Å²) in [6, 6.07) is 22.4. The number of amides is 2. The quantitative estimate of drug-likeness (QED) is 0.475. The Balaban J connectivity index is 1.30. The molecule has 0 bridgehead atoms. The summed E-state index contributed by atoms with van der Waals surface area (Å²) in [5, 5.41) is 5.60. The van der Waals surface area contributed by atoms with Crippen LogP contribution in [0, 0.1) is 0 Å². The van der Waals surface area contributed by atoms with Crippen molar-refractivity contribution in [3.05, 3.63) is 95.6 Å². The Morgan fingerprint density at radius 1 is 0.882 bits per heavy atom. The first kappa shape index (κ1) is 23.2. The van der Waals surface area contributed by atoms with E-state index in [4.69, 9.17) is 9.47 Å². The second-order valence-electron chi connectivity index (χ2n) is 7.95. The molecular formula is C27H26N2O5. The maximum absolute atomic E-state index is 12.6. The SMILES string of the molecule is O=C(COc1ccc(C(=O)c2ccccc2)cc1)Nc1ccccc1C(=O)NC[C@H]1CCCO1. The largest absolute Gasteiger partial charge is 0.484 e. The van der Waals surface area contributed by atoms with Crippen LogP contribution in [0.15, 0.2) is 78.9 Å². The van der Waals surface area contributed by atoms with Gasteiger partial charge in [-0.2, -0.15) is 0 Å². The Morgan fingerprint density at radius 2 is 1.59 bits per heavy atom. The smallest absolute Gasteiger partial charge is 0.262 e. The lowest BCUT2D eigenvalue weighted by molar-refractivity contribution is -0.118. The molecule has 34 heavy (non-hydrogen) atoms. The number of hydrogen-bond acceptors (Lipinski definition) is 5. The molecule has 1 aliphatic heterocycles. The second kappa shape index (κ2) is 11.2. The summed E-state index contributed by atoms with van der Waals surface area (Å²) in [6.45, 7) is 0.921. The maximum atomic E-state index is 12.6. The van der Waals surface area contributed by atoms with Crippen LogP contribution in [0.5, 0.6) is 5.75 Å². The average Bonchev–Trinajstić information content (AvgIpc) is 3.41. The van der Waals surface area contributed by atoms with Gasteiger partial charge < -0.3 is 20.1 Å². The van der Waals surface area contributed by atoms with Crippen molar-refractivity contribution in [1.29, 1.82) is 0 Å². The van der Waals surface area contributed by atoms with Crippen LogP contribution in [-0.4, -0.2) is 43.5 Å². The van der Waals surface area contributed by atoms with Crippen LogP contribution in [0.25, 0.3) is 0 Å². The fraction of sp³-hybridized carbons (Fsp3) is 0.222. The molecule has 0 aliphatic carbocycles. The molecule has 7 heteroatoms. The average molecular weight is 459 g/mol. The molecule has 174 valence electrons. The predicted molar refractivity (Wildman–Crippen MR) is 128 cm³/mol. The molecular weight excluding hydrogens is 432 g/mol. The topological polar surface area (TPSA) is 93.7 Å². The summed E-state index contributed by atoms with van der Waals surface area (Å²) >= 11 is 0. The minimum Gasteiger partial charge on any atom is -0.484 e. The van der Waals surface area contributed by atoms with Gasteiger partial charge in [0.2, 0.25) is 0 Å². The molecule has 0 radical (unpaired) electrons. The summed E-state index contributed by atoms with van der Waals surface area (Å²) < 4.78 is 11.1. The number of carbonyl (C=O) groups is 3. The molecule has 4 rings (SSSR count). The number of benzene rings is 3. The molecule has 0 unspecified atom stereocenters. The molecule has 1 saturated heterocycles. The van der Waals surface area contributed by atoms with Gasteiger partial charge in [0.05, 0.1) is 17.4 Å². The first-order valence-electron chi connectivity index (χ1n) is 11.2. The van der Waals surface area contributed by atoms with E-state index in [0.717, 1.165) is 19.4 Å². The first-order valence-corrected chi connectivity index (χ1v) is 11.2. The lowest BCUT2D eigenvalue weighted by atomic mass is 10.0. The van der Waals surface area contributed by atoms with Crippen LogP contribution in [0.1, 0.15) is 39.1 Å². The van der Waals surface area contributed by atoms with Gasteiger partial charge in [0, 0.05) is 24.3 Å². The maximum Gasteiger partial charge on any atom is 0.262 e. The van der Waals surface area contributed by atoms with E-state index in [0.29, 0.717) is 34.7 Å². The number of hydrogen-bond donors (Lipinski definition) is 2. The number of rotatable bonds is 9. The number of ketones is 1. The molecule has 1 heterocycles. The molecule has 1 atom stereocenters. The van der Waals surface area contributed by atoms with E-state index in [9.17, 15) is 14.4 Å². The van der Waals surface area contributed by atoms with E-state index >= 15 is 0 Å². The number of para-hydroxylation sites is 1. The Hall–Kier alpha value is -3.97. The van der Waals surface area contributed by atoms with Crippen LogP contribution in [0.2, 0.25) is 0 Å². The molecule has 0 aromatic heterocycles. The number of anilines is 1. The highest BCUT2D eigenvalue weighted by Gasteiger charge is 2.18. The Labute approximate surface area is 198 Å². The van der Waals surface area contributed by atoms with Crippen molar-refractivity contribution >= 4 is 23.3 Å². The lowest BCUT2D eigenvalue weighted by Crippen LogP contribution is -2.32. The molecule has 1 aliphatic rings. The highest BCUT2D eigenvalue weighted by atomic mass is 16.5. The van der Waals surface area contributed by atoms with Gasteiger partial charge in [-0.1, -0.05) is 42.5 Å². The molecule has 7 nitrogen and oxygen atoms in total. The highest BCUT2D eigenvalue weighted by molar-refractivity contribution is 6.09. The van der Waals surface area contributed by atoms with Crippen molar-refractivity contribution in [1.82, 2.24) is 5.32 Å². The van der Waals surface area contributed by atoms with Crippen molar-refractivity contribution in [3.63, 3.8) is 0 Å². The van der Waals surface area contributed by atoms with E-state index in [1.54, 1.807) is 60.7 Å². The Morgan fingerprint density at radius 3 is 2.32 bits per heavy atom. The van der Waals surface area contributed by atoms with Crippen molar-refractivity contribution < 1.29 is 23.9 Å². The number of carbonyl (C=O) groups excluding carboxylic acids is 3. The van der Waals surface area contributed by atoms with E-state index in [-0.39, 0.29) is 24.4 Å². The van der Waals surface area contributed by atoms with Gasteiger partial charge in [-0.25, -0.2) is 0 Å². The second-order valence-corrected chi connectivity index (χ2v) is 7.95. The van der Waals surface area contributed by atoms with Crippen LogP contribution in [0.4, 0.5) is 5.69 Å². The minimum absolute atomic E-state index is 0.0356. The zero-order valence-corrected chi connectivity index (χ0v) is 18.7. The summed E-state index contributed by atoms with van der Waals surface area (Å²) in [5.74, 6) is -0.295. The third-order valence-electron chi connectivity index (χ3n) is 5.48. The van der Waals surface area contributed by atoms with Gasteiger partial charge in [-0.3, -0.25) is 14.4 Å². The zero-order valence-electron chi connectivity index (χ0n) is 18.7. The molecule has 1 fully saturated rings. The molecule has 0 saturated carbocycles. The number of ether oxygens (including phenoxy) is 2. The van der Waals surface area contributed by atoms with Gasteiger partial charge in [0.1, 0.15) is 5.75 Å². The number of nitrogens with one attached hydrogen (secondary N) is 2. The van der Waals surface area contributed by atoms with Crippen molar-refractivity contribution in [2.45, 2.75) is 18.9 Å². The third kappa shape index (κ3) is 6.08. The van der Waals surface area contributed by atoms with Crippen LogP contribution >= 0.6 is 0 Å². The summed E-state index contributed by atoms with van der Waals surface area (Å²) in [7, 11) is 0. The van der Waals surface area contributed by atoms with Crippen molar-refractivity contribution in [2.75, 3.05) is 25.1 Å². The van der Waals surface area contributed by atoms with Crippen molar-refractivity contribution in [2.24, 2.45) is 0 Å². The van der Waals surface area contributed by atoms with Crippen LogP contribution in [-0.2, 0) is 9.53 Å². The normalized spacial score (nSPS) is 14.9. The lowest BCUT2D eigenvalue weighted by Gasteiger charge is -2.14. The van der Waals surface area contributed by atoms with Crippen LogP contribution < -0.4 is 15.4 Å². The van der Waals surface area contributed by atoms with Crippen molar-refractivity contribution in [3.8, 4) is 5.75 Å². The van der Waals surface area contributed by atoms with Gasteiger partial charge in [-0.15, -0.1) is 0 Å². The molecule has 3 aromatic rings. The van der Waals surface area contributed by atoms with Gasteiger partial charge in [-0.05, 0) is 49.2 Å². The van der Waals surface area contributed by atoms with E-state index in [1.165, 1.54) is 0 Å². The van der Waals surface area contributed by atoms with Gasteiger partial charge in [0.15, 0.2) is 12.4 Å². The van der Waals surface area contributed by atoms with E-state index < -0.39 is 5.91 Å². The molecule has 2 N–H and O–H groups in total. The summed E-state index contributed by atoms with van der Waals surface area (Å²) in [6.07, 6.45) is 1.96. The van der Waals surface area contributed by atoms with E-state index in [2.05, 4.69) is 10.6 Å². The van der Waals surface area contributed by atoms with E-state index in [1.807, 2.05) is 18.2 Å². The highest BCUT2D eigenvalue weighted by Crippen LogP contribution is 2.18. The van der Waals surface area contributed by atoms with Gasteiger partial charge in [0.25, 0.3) is 11.8 Å². The standard InChI is InChI=1S/C27H26N2O5/c30-25(18-34-21-14-12-20(13-15-21)26(31)19-7-2-1-3-8-19)29-24-11-5-4-10-23(24)27(32)28-17-22-9-6-16-33-22/h1-5,7-8,10-15,22H,6,9,16-18H2,(H,28,32)(H,29,30)/t22-/m1/s1. The fourth-order valence-corrected chi connectivity index (χ4v) is 3.69. The predicted octanol–water partition coefficient (Wildman–Crippen LogP) is 3.84. The summed E-state index contributed by atoms with van der Waals surface area (Å²) in [5.41, 5.74) is 1.92.